The summed E-state index contributed by atoms with van der Waals surface area (Å²) in [4.78, 5) is 26.1. The Labute approximate surface area is 102 Å². The second-order valence-electron chi connectivity index (χ2n) is 5.73. The first-order valence-corrected chi connectivity index (χ1v) is 6.00. The minimum absolute atomic E-state index is 0.0951. The summed E-state index contributed by atoms with van der Waals surface area (Å²) in [6.07, 6.45) is 0.970. The van der Waals surface area contributed by atoms with Gasteiger partial charge in [0.25, 0.3) is 0 Å². The zero-order valence-corrected chi connectivity index (χ0v) is 11.1. The van der Waals surface area contributed by atoms with Gasteiger partial charge in [-0.1, -0.05) is 13.8 Å². The highest BCUT2D eigenvalue weighted by Gasteiger charge is 2.35. The number of hydrogen-bond donors (Lipinski definition) is 1. The van der Waals surface area contributed by atoms with Crippen molar-refractivity contribution in [3.8, 4) is 0 Å². The van der Waals surface area contributed by atoms with E-state index >= 15 is 0 Å². The van der Waals surface area contributed by atoms with Crippen molar-refractivity contribution in [2.75, 3.05) is 19.6 Å². The molecular formula is C12H22N2O3. The summed E-state index contributed by atoms with van der Waals surface area (Å²) < 4.78 is 0. The molecule has 98 valence electrons. The van der Waals surface area contributed by atoms with Crippen molar-refractivity contribution in [2.24, 2.45) is 5.41 Å². The highest BCUT2D eigenvalue weighted by atomic mass is 16.4. The molecule has 1 N–H and O–H groups in total. The molecule has 1 aliphatic rings. The number of amides is 2. The van der Waals surface area contributed by atoms with E-state index in [1.165, 1.54) is 4.90 Å². The molecule has 0 saturated carbocycles. The second-order valence-corrected chi connectivity index (χ2v) is 5.73. The van der Waals surface area contributed by atoms with E-state index in [1.807, 2.05) is 13.8 Å². The van der Waals surface area contributed by atoms with E-state index < -0.39 is 5.97 Å². The lowest BCUT2D eigenvalue weighted by atomic mass is 9.93. The fourth-order valence-electron chi connectivity index (χ4n) is 2.07. The SMILES string of the molecule is CC(C)N(CC(=O)O)C(=O)N1CCC(C)(C)C1. The molecule has 0 spiro atoms. The van der Waals surface area contributed by atoms with Gasteiger partial charge in [-0.15, -0.1) is 0 Å². The van der Waals surface area contributed by atoms with Crippen LogP contribution >= 0.6 is 0 Å². The zero-order valence-electron chi connectivity index (χ0n) is 11.1. The highest BCUT2D eigenvalue weighted by Crippen LogP contribution is 2.29. The third-order valence-electron chi connectivity index (χ3n) is 3.12. The van der Waals surface area contributed by atoms with Crippen LogP contribution in [0, 0.1) is 5.41 Å². The maximum Gasteiger partial charge on any atom is 0.323 e. The van der Waals surface area contributed by atoms with Crippen LogP contribution in [0.3, 0.4) is 0 Å². The Kier molecular flexibility index (Phi) is 4.01. The summed E-state index contributed by atoms with van der Waals surface area (Å²) in [6, 6.07) is -0.254. The lowest BCUT2D eigenvalue weighted by molar-refractivity contribution is -0.138. The van der Waals surface area contributed by atoms with Gasteiger partial charge in [-0.2, -0.15) is 0 Å². The Balaban J connectivity index is 2.69. The van der Waals surface area contributed by atoms with Crippen molar-refractivity contribution in [2.45, 2.75) is 40.2 Å². The molecule has 0 aromatic carbocycles. The number of hydrogen-bond acceptors (Lipinski definition) is 2. The number of carbonyl (C=O) groups excluding carboxylic acids is 1. The topological polar surface area (TPSA) is 60.9 Å². The first-order chi connectivity index (χ1) is 7.73. The average molecular weight is 242 g/mol. The molecule has 1 rings (SSSR count). The van der Waals surface area contributed by atoms with Crippen LogP contribution in [0.15, 0.2) is 0 Å². The van der Waals surface area contributed by atoms with E-state index in [2.05, 4.69) is 13.8 Å². The first kappa shape index (κ1) is 13.8. The molecule has 1 heterocycles. The number of carbonyl (C=O) groups is 2. The molecule has 0 atom stereocenters. The predicted molar refractivity (Wildman–Crippen MR) is 64.8 cm³/mol. The summed E-state index contributed by atoms with van der Waals surface area (Å²) in [5, 5.41) is 8.81. The molecule has 0 aromatic rings. The van der Waals surface area contributed by atoms with E-state index in [0.717, 1.165) is 6.42 Å². The Morgan fingerprint density at radius 3 is 2.35 bits per heavy atom. The van der Waals surface area contributed by atoms with Gasteiger partial charge in [0.2, 0.25) is 0 Å². The summed E-state index contributed by atoms with van der Waals surface area (Å²) in [7, 11) is 0. The van der Waals surface area contributed by atoms with Gasteiger partial charge in [0.15, 0.2) is 0 Å². The van der Waals surface area contributed by atoms with Crippen LogP contribution in [0.1, 0.15) is 34.1 Å². The Morgan fingerprint density at radius 2 is 2.00 bits per heavy atom. The van der Waals surface area contributed by atoms with Crippen LogP contribution in [-0.2, 0) is 4.79 Å². The number of carboxylic acids is 1. The van der Waals surface area contributed by atoms with Crippen LogP contribution in [-0.4, -0.2) is 52.6 Å². The predicted octanol–water partition coefficient (Wildman–Crippen LogP) is 1.63. The zero-order chi connectivity index (χ0) is 13.2. The number of urea groups is 1. The third kappa shape index (κ3) is 3.61. The molecule has 17 heavy (non-hydrogen) atoms. The van der Waals surface area contributed by atoms with Gasteiger partial charge in [0, 0.05) is 19.1 Å². The van der Waals surface area contributed by atoms with Gasteiger partial charge >= 0.3 is 12.0 Å². The Hall–Kier alpha value is -1.26. The fraction of sp³-hybridized carbons (Fsp3) is 0.833. The molecule has 5 heteroatoms. The quantitative estimate of drug-likeness (QED) is 0.818. The summed E-state index contributed by atoms with van der Waals surface area (Å²) in [6.45, 7) is 9.11. The van der Waals surface area contributed by atoms with Crippen molar-refractivity contribution >= 4 is 12.0 Å². The van der Waals surface area contributed by atoms with Crippen LogP contribution in [0.25, 0.3) is 0 Å². The van der Waals surface area contributed by atoms with Crippen molar-refractivity contribution in [3.05, 3.63) is 0 Å². The fourth-order valence-corrected chi connectivity index (χ4v) is 2.07. The van der Waals surface area contributed by atoms with Gasteiger partial charge in [-0.25, -0.2) is 4.79 Å². The third-order valence-corrected chi connectivity index (χ3v) is 3.12. The van der Waals surface area contributed by atoms with E-state index in [9.17, 15) is 9.59 Å². The maximum atomic E-state index is 12.2. The van der Waals surface area contributed by atoms with E-state index in [0.29, 0.717) is 13.1 Å². The number of aliphatic carboxylic acids is 1. The number of likely N-dealkylation sites (tertiary alicyclic amines) is 1. The van der Waals surface area contributed by atoms with E-state index in [-0.39, 0.29) is 24.0 Å². The van der Waals surface area contributed by atoms with Crippen LogP contribution < -0.4 is 0 Å². The summed E-state index contributed by atoms with van der Waals surface area (Å²) in [5.41, 5.74) is 0.140. The molecule has 0 unspecified atom stereocenters. The minimum atomic E-state index is -0.967. The van der Waals surface area contributed by atoms with Gasteiger partial charge < -0.3 is 14.9 Å². The largest absolute Gasteiger partial charge is 0.480 e. The normalized spacial score (nSPS) is 18.5. The smallest absolute Gasteiger partial charge is 0.323 e. The Morgan fingerprint density at radius 1 is 1.41 bits per heavy atom. The first-order valence-electron chi connectivity index (χ1n) is 6.00. The van der Waals surface area contributed by atoms with Crippen molar-refractivity contribution in [1.82, 2.24) is 9.80 Å². The van der Waals surface area contributed by atoms with E-state index in [4.69, 9.17) is 5.11 Å². The van der Waals surface area contributed by atoms with Gasteiger partial charge in [-0.3, -0.25) is 4.79 Å². The molecular weight excluding hydrogens is 220 g/mol. The van der Waals surface area contributed by atoms with E-state index in [1.54, 1.807) is 4.90 Å². The standard InChI is InChI=1S/C12H22N2O3/c1-9(2)14(7-10(15)16)11(17)13-6-5-12(3,4)8-13/h9H,5-8H2,1-4H3,(H,15,16). The molecule has 0 radical (unpaired) electrons. The van der Waals surface area contributed by atoms with Crippen LogP contribution in [0.5, 0.6) is 0 Å². The summed E-state index contributed by atoms with van der Waals surface area (Å²) >= 11 is 0. The maximum absolute atomic E-state index is 12.2. The lowest BCUT2D eigenvalue weighted by Gasteiger charge is -2.30. The van der Waals surface area contributed by atoms with Crippen LogP contribution in [0.4, 0.5) is 4.79 Å². The van der Waals surface area contributed by atoms with Gasteiger partial charge in [0.1, 0.15) is 6.54 Å². The van der Waals surface area contributed by atoms with Crippen molar-refractivity contribution in [3.63, 3.8) is 0 Å². The van der Waals surface area contributed by atoms with Crippen LogP contribution in [0.2, 0.25) is 0 Å². The highest BCUT2D eigenvalue weighted by molar-refractivity contribution is 5.80. The number of nitrogens with zero attached hydrogens (tertiary/aromatic N) is 2. The minimum Gasteiger partial charge on any atom is -0.480 e. The number of carboxylic acid groups (broad SMARTS) is 1. The average Bonchev–Trinajstić information content (AvgIpc) is 2.53. The monoisotopic (exact) mass is 242 g/mol. The second kappa shape index (κ2) is 4.94. The molecule has 0 aromatic heterocycles. The molecule has 2 amide bonds. The summed E-state index contributed by atoms with van der Waals surface area (Å²) in [5.74, 6) is -0.967. The van der Waals surface area contributed by atoms with Gasteiger partial charge in [0.05, 0.1) is 0 Å². The van der Waals surface area contributed by atoms with Gasteiger partial charge in [-0.05, 0) is 25.7 Å². The van der Waals surface area contributed by atoms with Crippen molar-refractivity contribution < 1.29 is 14.7 Å². The molecule has 1 saturated heterocycles. The lowest BCUT2D eigenvalue weighted by Crippen LogP contribution is -2.48. The molecule has 1 fully saturated rings. The Bertz CT molecular complexity index is 313. The molecule has 5 nitrogen and oxygen atoms in total. The molecule has 0 bridgehead atoms. The number of rotatable bonds is 3. The molecule has 0 aliphatic carbocycles. The molecule has 1 aliphatic heterocycles. The van der Waals surface area contributed by atoms with Crippen molar-refractivity contribution in [1.29, 1.82) is 0 Å².